The molecule has 0 aliphatic heterocycles. The maximum absolute atomic E-state index is 12.3. The minimum atomic E-state index is -1.09. The molecular weight excluding hydrogens is 232 g/mol. The van der Waals surface area contributed by atoms with Crippen molar-refractivity contribution < 1.29 is 4.21 Å². The van der Waals surface area contributed by atoms with E-state index in [9.17, 15) is 4.21 Å². The van der Waals surface area contributed by atoms with Crippen LogP contribution >= 0.6 is 0 Å². The van der Waals surface area contributed by atoms with E-state index in [1.807, 2.05) is 19.1 Å². The Kier molecular flexibility index (Phi) is 3.21. The highest BCUT2D eigenvalue weighted by molar-refractivity contribution is 7.85. The van der Waals surface area contributed by atoms with Gasteiger partial charge >= 0.3 is 0 Å². The molecule has 4 heteroatoms. The maximum Gasteiger partial charge on any atom is 0.0627 e. The molecule has 90 valence electrons. The minimum Gasteiger partial charge on any atom is -0.398 e. The third kappa shape index (κ3) is 2.67. The van der Waals surface area contributed by atoms with Gasteiger partial charge in [-0.2, -0.15) is 5.26 Å². The lowest BCUT2D eigenvalue weighted by molar-refractivity contribution is 0.587. The van der Waals surface area contributed by atoms with Crippen molar-refractivity contribution in [3.63, 3.8) is 0 Å². The Bertz CT molecular complexity index is 501. The molecule has 17 heavy (non-hydrogen) atoms. The highest BCUT2D eigenvalue weighted by Gasteiger charge is 2.44. The summed E-state index contributed by atoms with van der Waals surface area (Å²) in [5.41, 5.74) is 7.49. The van der Waals surface area contributed by atoms with Gasteiger partial charge < -0.3 is 5.73 Å². The predicted octanol–water partition coefficient (Wildman–Crippen LogP) is 2.38. The smallest absolute Gasteiger partial charge is 0.0627 e. The topological polar surface area (TPSA) is 66.9 Å². The fraction of sp³-hybridized carbons (Fsp3) is 0.462. The first-order valence-corrected chi connectivity index (χ1v) is 7.00. The highest BCUT2D eigenvalue weighted by Crippen LogP contribution is 2.49. The van der Waals surface area contributed by atoms with Crippen LogP contribution in [0.5, 0.6) is 0 Å². The van der Waals surface area contributed by atoms with Gasteiger partial charge in [-0.1, -0.05) is 6.07 Å². The molecule has 0 amide bonds. The van der Waals surface area contributed by atoms with Gasteiger partial charge in [0.2, 0.25) is 0 Å². The summed E-state index contributed by atoms with van der Waals surface area (Å²) in [4.78, 5) is 0.717. The quantitative estimate of drug-likeness (QED) is 0.832. The molecule has 3 nitrogen and oxygen atoms in total. The van der Waals surface area contributed by atoms with Crippen LogP contribution in [0.4, 0.5) is 5.69 Å². The molecule has 0 aromatic heterocycles. The average Bonchev–Trinajstić information content (AvgIpc) is 3.02. The number of hydrogen-bond acceptors (Lipinski definition) is 3. The second-order valence-electron chi connectivity index (χ2n) is 4.87. The first kappa shape index (κ1) is 12.1. The van der Waals surface area contributed by atoms with E-state index in [2.05, 4.69) is 6.07 Å². The van der Waals surface area contributed by atoms with Gasteiger partial charge in [-0.3, -0.25) is 4.21 Å². The van der Waals surface area contributed by atoms with Gasteiger partial charge in [0.1, 0.15) is 0 Å². The van der Waals surface area contributed by atoms with Crippen LogP contribution in [0.3, 0.4) is 0 Å². The molecule has 1 atom stereocenters. The van der Waals surface area contributed by atoms with Crippen molar-refractivity contribution in [2.75, 3.05) is 11.5 Å². The zero-order chi connectivity index (χ0) is 12.5. The van der Waals surface area contributed by atoms with E-state index in [-0.39, 0.29) is 5.41 Å². The van der Waals surface area contributed by atoms with Crippen molar-refractivity contribution in [3.8, 4) is 6.07 Å². The molecule has 1 aliphatic rings. The zero-order valence-corrected chi connectivity index (χ0v) is 10.7. The standard InChI is InChI=1S/C13H16N2OS/c1-10-2-3-11(15)12(8-10)17(16)9-13(4-5-13)6-7-14/h2-3,8H,4-6,9,15H2,1H3. The van der Waals surface area contributed by atoms with Crippen LogP contribution in [0.2, 0.25) is 0 Å². The minimum absolute atomic E-state index is 0.00417. The number of nitrogens with zero attached hydrogens (tertiary/aromatic N) is 1. The fourth-order valence-corrected chi connectivity index (χ4v) is 3.66. The summed E-state index contributed by atoms with van der Waals surface area (Å²) in [6, 6.07) is 7.78. The van der Waals surface area contributed by atoms with Crippen LogP contribution in [0.25, 0.3) is 0 Å². The van der Waals surface area contributed by atoms with Crippen molar-refractivity contribution in [1.82, 2.24) is 0 Å². The number of nitrogen functional groups attached to an aromatic ring is 1. The summed E-state index contributed by atoms with van der Waals surface area (Å²) >= 11 is 0. The first-order chi connectivity index (χ1) is 8.06. The Labute approximate surface area is 104 Å². The number of nitrogens with two attached hydrogens (primary N) is 1. The molecule has 0 spiro atoms. The van der Waals surface area contributed by atoms with E-state index >= 15 is 0 Å². The summed E-state index contributed by atoms with van der Waals surface area (Å²) in [7, 11) is -1.09. The van der Waals surface area contributed by atoms with E-state index in [4.69, 9.17) is 11.0 Å². The van der Waals surface area contributed by atoms with Crippen LogP contribution in [0.1, 0.15) is 24.8 Å². The number of benzene rings is 1. The fourth-order valence-electron chi connectivity index (χ4n) is 1.91. The summed E-state index contributed by atoms with van der Waals surface area (Å²) in [5.74, 6) is 0.564. The van der Waals surface area contributed by atoms with Gasteiger partial charge in [-0.15, -0.1) is 0 Å². The summed E-state index contributed by atoms with van der Waals surface area (Å²) in [6.45, 7) is 1.96. The zero-order valence-electron chi connectivity index (χ0n) is 9.90. The van der Waals surface area contributed by atoms with E-state index in [1.54, 1.807) is 6.07 Å². The SMILES string of the molecule is Cc1ccc(N)c(S(=O)CC2(CC#N)CC2)c1. The normalized spacial score (nSPS) is 18.4. The lowest BCUT2D eigenvalue weighted by atomic mass is 10.1. The van der Waals surface area contributed by atoms with Gasteiger partial charge in [0, 0.05) is 17.9 Å². The van der Waals surface area contributed by atoms with Gasteiger partial charge in [-0.25, -0.2) is 0 Å². The maximum atomic E-state index is 12.3. The van der Waals surface area contributed by atoms with Gasteiger partial charge in [-0.05, 0) is 42.9 Å². The Morgan fingerprint density at radius 2 is 2.24 bits per heavy atom. The third-order valence-electron chi connectivity index (χ3n) is 3.26. The first-order valence-electron chi connectivity index (χ1n) is 5.68. The van der Waals surface area contributed by atoms with Crippen LogP contribution < -0.4 is 5.73 Å². The lowest BCUT2D eigenvalue weighted by Gasteiger charge is -2.12. The number of anilines is 1. The van der Waals surface area contributed by atoms with Crippen LogP contribution in [0.15, 0.2) is 23.1 Å². The van der Waals surface area contributed by atoms with Gasteiger partial charge in [0.25, 0.3) is 0 Å². The predicted molar refractivity (Wildman–Crippen MR) is 68.8 cm³/mol. The van der Waals surface area contributed by atoms with E-state index in [1.165, 1.54) is 0 Å². The van der Waals surface area contributed by atoms with Crippen molar-refractivity contribution in [3.05, 3.63) is 23.8 Å². The highest BCUT2D eigenvalue weighted by atomic mass is 32.2. The molecule has 2 N–H and O–H groups in total. The van der Waals surface area contributed by atoms with Crippen molar-refractivity contribution >= 4 is 16.5 Å². The van der Waals surface area contributed by atoms with Gasteiger partial charge in [0.15, 0.2) is 0 Å². The summed E-state index contributed by atoms with van der Waals surface area (Å²) in [5, 5.41) is 8.75. The number of aryl methyl sites for hydroxylation is 1. The molecular formula is C13H16N2OS. The van der Waals surface area contributed by atoms with E-state index < -0.39 is 10.8 Å². The number of nitriles is 1. The molecule has 0 bridgehead atoms. The second kappa shape index (κ2) is 4.50. The van der Waals surface area contributed by atoms with Crippen LogP contribution in [-0.4, -0.2) is 9.96 Å². The Balaban J connectivity index is 2.15. The summed E-state index contributed by atoms with van der Waals surface area (Å²) < 4.78 is 12.3. The molecule has 1 aliphatic carbocycles. The second-order valence-corrected chi connectivity index (χ2v) is 6.29. The van der Waals surface area contributed by atoms with Crippen molar-refractivity contribution in [2.45, 2.75) is 31.1 Å². The molecule has 1 saturated carbocycles. The largest absolute Gasteiger partial charge is 0.398 e. The molecule has 2 rings (SSSR count). The average molecular weight is 248 g/mol. The Hall–Kier alpha value is -1.34. The molecule has 0 saturated heterocycles. The van der Waals surface area contributed by atoms with Crippen LogP contribution in [-0.2, 0) is 10.8 Å². The Morgan fingerprint density at radius 3 is 2.82 bits per heavy atom. The number of rotatable bonds is 4. The molecule has 0 radical (unpaired) electrons. The molecule has 1 aromatic rings. The third-order valence-corrected chi connectivity index (χ3v) is 4.98. The Morgan fingerprint density at radius 1 is 1.53 bits per heavy atom. The monoisotopic (exact) mass is 248 g/mol. The molecule has 0 heterocycles. The lowest BCUT2D eigenvalue weighted by Crippen LogP contribution is -2.13. The summed E-state index contributed by atoms with van der Waals surface area (Å²) in [6.07, 6.45) is 2.53. The van der Waals surface area contributed by atoms with Crippen LogP contribution in [0, 0.1) is 23.7 Å². The molecule has 1 unspecified atom stereocenters. The van der Waals surface area contributed by atoms with Crippen molar-refractivity contribution in [1.29, 1.82) is 5.26 Å². The van der Waals surface area contributed by atoms with Gasteiger partial charge in [0.05, 0.1) is 21.8 Å². The van der Waals surface area contributed by atoms with E-state index in [0.717, 1.165) is 18.4 Å². The number of hydrogen-bond donors (Lipinski definition) is 1. The van der Waals surface area contributed by atoms with Crippen molar-refractivity contribution in [2.24, 2.45) is 5.41 Å². The molecule has 1 fully saturated rings. The molecule has 1 aromatic carbocycles. The van der Waals surface area contributed by atoms with E-state index in [0.29, 0.717) is 22.8 Å².